The number of carbonyl (C=O) groups excluding carboxylic acids is 2. The minimum atomic E-state index is -1.31. The first-order valence-electron chi connectivity index (χ1n) is 28.7. The number of allylic oxidation sites excluding steroid dienone is 2. The minimum absolute atomic E-state index is 0.0211. The smallest absolute Gasteiger partial charge is 0.340 e. The second kappa shape index (κ2) is 22.5. The first-order valence-corrected chi connectivity index (χ1v) is 28.7. The molecule has 9 atom stereocenters. The fraction of sp³-hybridized carbons (Fsp3) is 0.500. The van der Waals surface area contributed by atoms with E-state index in [0.29, 0.717) is 47.1 Å². The van der Waals surface area contributed by atoms with Crippen LogP contribution in [0.4, 0.5) is 0 Å². The zero-order valence-corrected chi connectivity index (χ0v) is 45.1. The lowest BCUT2D eigenvalue weighted by molar-refractivity contribution is -0.205. The number of hydrogen-bond donors (Lipinski definition) is 3. The number of methoxy groups -OCH3 is 1. The summed E-state index contributed by atoms with van der Waals surface area (Å²) in [7, 11) is 1.52. The van der Waals surface area contributed by atoms with Crippen molar-refractivity contribution in [3.05, 3.63) is 169 Å². The molecule has 5 aromatic rings. The quantitative estimate of drug-likeness (QED) is 0.0528. The number of aliphatic hydroxyl groups excluding tert-OH is 3. The van der Waals surface area contributed by atoms with Gasteiger partial charge in [0.1, 0.15) is 11.3 Å². The highest BCUT2D eigenvalue weighted by atomic mass is 16.6. The molecule has 2 saturated carbocycles. The summed E-state index contributed by atoms with van der Waals surface area (Å²) < 4.78 is 33.2. The Kier molecular flexibility index (Phi) is 15.5. The molecule has 11 rings (SSSR count). The van der Waals surface area contributed by atoms with E-state index < -0.39 is 47.9 Å². The number of benzene rings is 4. The van der Waals surface area contributed by atoms with E-state index >= 15 is 9.59 Å². The summed E-state index contributed by atoms with van der Waals surface area (Å²) in [4.78, 5) is 45.2. The number of fused-ring (bicyclic) bond motifs is 8. The number of hydrogen-bond acceptors (Lipinski definition) is 11. The first kappa shape index (κ1) is 53.2. The lowest BCUT2D eigenvalue weighted by Crippen LogP contribution is -2.60. The maximum Gasteiger partial charge on any atom is 0.340 e. The molecule has 3 aliphatic carbocycles. The molecule has 4 aromatic carbocycles. The fourth-order valence-corrected chi connectivity index (χ4v) is 15.2. The van der Waals surface area contributed by atoms with Gasteiger partial charge in [-0.25, -0.2) is 9.59 Å². The van der Waals surface area contributed by atoms with Gasteiger partial charge in [-0.15, -0.1) is 0 Å². The Labute approximate surface area is 452 Å². The van der Waals surface area contributed by atoms with Crippen LogP contribution in [-0.2, 0) is 48.7 Å². The first-order chi connectivity index (χ1) is 37.5. The molecule has 77 heavy (non-hydrogen) atoms. The van der Waals surface area contributed by atoms with Gasteiger partial charge in [0.15, 0.2) is 17.8 Å². The van der Waals surface area contributed by atoms with Crippen molar-refractivity contribution >= 4 is 22.9 Å². The Morgan fingerprint density at radius 3 is 2.36 bits per heavy atom. The van der Waals surface area contributed by atoms with Gasteiger partial charge in [-0.3, -0.25) is 4.79 Å². The van der Waals surface area contributed by atoms with E-state index in [9.17, 15) is 20.1 Å². The molecule has 0 saturated heterocycles. The lowest BCUT2D eigenvalue weighted by atomic mass is 9.64. The van der Waals surface area contributed by atoms with Crippen molar-refractivity contribution < 1.29 is 48.3 Å². The molecule has 0 unspecified atom stereocenters. The van der Waals surface area contributed by atoms with Crippen LogP contribution in [0.3, 0.4) is 0 Å². The molecule has 406 valence electrons. The largest absolute Gasteiger partial charge is 0.483 e. The maximum absolute atomic E-state index is 15.6. The Hall–Kier alpha value is -5.85. The average Bonchev–Trinajstić information content (AvgIpc) is 3.55. The molecule has 0 spiro atoms. The monoisotopic (exact) mass is 1040 g/mol. The van der Waals surface area contributed by atoms with Crippen molar-refractivity contribution in [2.24, 2.45) is 17.8 Å². The summed E-state index contributed by atoms with van der Waals surface area (Å²) in [6.45, 7) is 2.74. The second-order valence-corrected chi connectivity index (χ2v) is 23.5. The van der Waals surface area contributed by atoms with Crippen molar-refractivity contribution in [1.82, 2.24) is 0 Å². The van der Waals surface area contributed by atoms with Crippen LogP contribution in [0.25, 0.3) is 11.0 Å². The van der Waals surface area contributed by atoms with Gasteiger partial charge in [0.25, 0.3) is 0 Å². The summed E-state index contributed by atoms with van der Waals surface area (Å²) in [5.41, 5.74) is 7.07. The summed E-state index contributed by atoms with van der Waals surface area (Å²) in [5.74, 6) is -1.63. The zero-order valence-electron chi connectivity index (χ0n) is 45.1. The van der Waals surface area contributed by atoms with Gasteiger partial charge in [-0.1, -0.05) is 123 Å². The SMILES string of the molecule is COC[C@@H](CCO)c1c(CO)c2ccc3c(c2oc1=O)[C@H]1OC(=O)C[C@@H]2C[C@@H](c4cccc(C5(c6ccccc6)CCCCC5)c4)C=C[C@H]2c2ccc4c(c2)CC[C@H]2CCCC[C@H]2[C@](C)(O3)[C@H]1OC(=O)/C(=C(/C)CO)CC4. The zero-order chi connectivity index (χ0) is 53.4. The molecular formula is C66H76O11. The number of aliphatic hydroxyl groups is 3. The number of aryl methyl sites for hydroxylation is 2. The van der Waals surface area contributed by atoms with Crippen LogP contribution in [0.5, 0.6) is 5.75 Å². The van der Waals surface area contributed by atoms with Crippen LogP contribution < -0.4 is 10.4 Å². The van der Waals surface area contributed by atoms with E-state index in [4.69, 9.17) is 23.4 Å². The van der Waals surface area contributed by atoms with E-state index in [1.165, 1.54) is 48.6 Å². The molecule has 6 aliphatic rings. The van der Waals surface area contributed by atoms with E-state index in [0.717, 1.165) is 62.5 Å². The Bertz CT molecular complexity index is 3100. The fourth-order valence-electron chi connectivity index (χ4n) is 15.2. The van der Waals surface area contributed by atoms with E-state index in [1.807, 2.05) is 6.92 Å². The summed E-state index contributed by atoms with van der Waals surface area (Å²) in [6, 6.07) is 30.5. The Morgan fingerprint density at radius 2 is 1.58 bits per heavy atom. The average molecular weight is 1050 g/mol. The normalized spacial score (nSPS) is 28.2. The molecule has 3 N–H and O–H groups in total. The lowest BCUT2D eigenvalue weighted by Gasteiger charge is -2.52. The van der Waals surface area contributed by atoms with E-state index in [-0.39, 0.29) is 84.4 Å². The number of ether oxygens (including phenoxy) is 4. The molecule has 0 radical (unpaired) electrons. The van der Waals surface area contributed by atoms with Crippen molar-refractivity contribution in [1.29, 1.82) is 0 Å². The van der Waals surface area contributed by atoms with Crippen molar-refractivity contribution in [2.45, 2.75) is 164 Å². The van der Waals surface area contributed by atoms with Crippen LogP contribution in [0, 0.1) is 17.8 Å². The number of rotatable bonds is 10. The Balaban J connectivity index is 1.09. The highest BCUT2D eigenvalue weighted by Gasteiger charge is 2.58. The third kappa shape index (κ3) is 9.93. The molecule has 1 aromatic heterocycles. The second-order valence-electron chi connectivity index (χ2n) is 23.5. The maximum atomic E-state index is 15.6. The third-order valence-corrected chi connectivity index (χ3v) is 19.2. The minimum Gasteiger partial charge on any atom is -0.483 e. The summed E-state index contributed by atoms with van der Waals surface area (Å²) in [5, 5.41) is 32.3. The number of carbonyl (C=O) groups is 2. The molecule has 5 bridgehead atoms. The van der Waals surface area contributed by atoms with Crippen LogP contribution in [0.15, 0.2) is 117 Å². The Morgan fingerprint density at radius 1 is 0.779 bits per heavy atom. The van der Waals surface area contributed by atoms with Gasteiger partial charge >= 0.3 is 17.6 Å². The van der Waals surface area contributed by atoms with Gasteiger partial charge in [0, 0.05) is 65.7 Å². The van der Waals surface area contributed by atoms with E-state index in [2.05, 4.69) is 84.9 Å². The van der Waals surface area contributed by atoms with Gasteiger partial charge in [-0.05, 0) is 140 Å². The summed E-state index contributed by atoms with van der Waals surface area (Å²) >= 11 is 0. The van der Waals surface area contributed by atoms with Crippen molar-refractivity contribution in [3.8, 4) is 5.75 Å². The van der Waals surface area contributed by atoms with Crippen molar-refractivity contribution in [2.75, 3.05) is 26.9 Å². The molecule has 11 nitrogen and oxygen atoms in total. The third-order valence-electron chi connectivity index (χ3n) is 19.2. The predicted molar refractivity (Wildman–Crippen MR) is 295 cm³/mol. The molecule has 3 aliphatic heterocycles. The molecular weight excluding hydrogens is 969 g/mol. The molecule has 0 amide bonds. The van der Waals surface area contributed by atoms with Gasteiger partial charge < -0.3 is 38.7 Å². The van der Waals surface area contributed by atoms with E-state index in [1.54, 1.807) is 19.1 Å². The van der Waals surface area contributed by atoms with Gasteiger partial charge in [-0.2, -0.15) is 0 Å². The van der Waals surface area contributed by atoms with Gasteiger partial charge in [0.05, 0.1) is 25.4 Å². The van der Waals surface area contributed by atoms with Crippen molar-refractivity contribution in [3.63, 3.8) is 0 Å². The summed E-state index contributed by atoms with van der Waals surface area (Å²) in [6.07, 6.45) is 15.1. The van der Waals surface area contributed by atoms with Crippen LogP contribution in [-0.4, -0.2) is 65.9 Å². The van der Waals surface area contributed by atoms with Crippen LogP contribution >= 0.6 is 0 Å². The predicted octanol–water partition coefficient (Wildman–Crippen LogP) is 11.8. The van der Waals surface area contributed by atoms with Crippen LogP contribution in [0.1, 0.15) is 178 Å². The molecule has 4 heterocycles. The highest BCUT2D eigenvalue weighted by Crippen LogP contribution is 2.55. The standard InChI is InChI=1S/C66H76O11/c1-40(37-68)51-25-23-41-19-22-46-33-44(41)21-20-42-13-8-9-18-55(42)65(2)62(76-63(51)71)61(59-56(77-65)28-27-53-54(38-69)58(64(72)75-60(53)59)47(29-32-67)39-73-3)74-57(70)36-48-34-45(24-26-52(46)48)43-14-12-17-50(35-43)66(30-10-5-11-31-66)49-15-6-4-7-16-49/h4,6-7,12,14-17,19,22,24,26-28,33,35,42,45,47-48,52,55,61-62,67-69H,5,8-11,13,18,20-21,23,25,29-32,34,36-39H2,1-3H3/b51-40-/t42-,45+,47-,48+,52+,55-,61-,62+,65+/m1/s1. The highest BCUT2D eigenvalue weighted by molar-refractivity contribution is 5.90. The molecule has 2 fully saturated rings. The van der Waals surface area contributed by atoms with Crippen LogP contribution in [0.2, 0.25) is 0 Å². The van der Waals surface area contributed by atoms with Gasteiger partial charge in [0.2, 0.25) is 0 Å². The molecule has 11 heteroatoms. The number of esters is 2. The topological polar surface area (TPSA) is 162 Å².